The van der Waals surface area contributed by atoms with Crippen molar-refractivity contribution in [3.05, 3.63) is 59.7 Å². The lowest BCUT2D eigenvalue weighted by Gasteiger charge is -2.13. The Morgan fingerprint density at radius 2 is 1.78 bits per heavy atom. The largest absolute Gasteiger partial charge is 0.497 e. The maximum atomic E-state index is 5.68. The Morgan fingerprint density at radius 1 is 1.00 bits per heavy atom. The molecule has 2 N–H and O–H groups in total. The summed E-state index contributed by atoms with van der Waals surface area (Å²) in [6.07, 6.45) is 1.93. The topological polar surface area (TPSA) is 54.9 Å². The maximum Gasteiger partial charge on any atom is 0.191 e. The summed E-state index contributed by atoms with van der Waals surface area (Å²) < 4.78 is 10.9. The summed E-state index contributed by atoms with van der Waals surface area (Å²) in [7, 11) is 3.46. The van der Waals surface area contributed by atoms with E-state index in [1.807, 2.05) is 24.3 Å². The van der Waals surface area contributed by atoms with E-state index in [0.717, 1.165) is 49.0 Å². The van der Waals surface area contributed by atoms with Crippen LogP contribution in [0, 0.1) is 0 Å². The number of methoxy groups -OCH3 is 1. The average Bonchev–Trinajstić information content (AvgIpc) is 2.69. The molecule has 0 amide bonds. The van der Waals surface area contributed by atoms with E-state index in [1.54, 1.807) is 14.2 Å². The molecule has 0 aliphatic heterocycles. The van der Waals surface area contributed by atoms with Crippen LogP contribution in [0.1, 0.15) is 24.5 Å². The number of guanidine groups is 1. The molecule has 6 heteroatoms. The normalized spacial score (nSPS) is 10.7. The van der Waals surface area contributed by atoms with Gasteiger partial charge in [0.15, 0.2) is 5.96 Å². The molecule has 0 aromatic heterocycles. The minimum absolute atomic E-state index is 0. The lowest BCUT2D eigenvalue weighted by atomic mass is 10.1. The van der Waals surface area contributed by atoms with Gasteiger partial charge >= 0.3 is 0 Å². The third-order valence-corrected chi connectivity index (χ3v) is 3.92. The minimum Gasteiger partial charge on any atom is -0.497 e. The van der Waals surface area contributed by atoms with Crippen molar-refractivity contribution >= 4 is 29.9 Å². The summed E-state index contributed by atoms with van der Waals surface area (Å²) >= 11 is 0. The fourth-order valence-corrected chi connectivity index (χ4v) is 2.49. The second-order valence-corrected chi connectivity index (χ2v) is 5.95. The molecule has 0 radical (unpaired) electrons. The first kappa shape index (κ1) is 23.1. The van der Waals surface area contributed by atoms with Crippen molar-refractivity contribution in [2.75, 3.05) is 27.3 Å². The van der Waals surface area contributed by atoms with E-state index in [-0.39, 0.29) is 24.0 Å². The molecule has 2 aromatic rings. The van der Waals surface area contributed by atoms with Gasteiger partial charge in [0.05, 0.1) is 13.7 Å². The molecule has 0 aliphatic rings. The van der Waals surface area contributed by atoms with Gasteiger partial charge in [0, 0.05) is 20.1 Å². The molecular weight excluding hydrogens is 453 g/mol. The van der Waals surface area contributed by atoms with Crippen molar-refractivity contribution in [1.82, 2.24) is 10.6 Å². The predicted octanol–water partition coefficient (Wildman–Crippen LogP) is 4.01. The summed E-state index contributed by atoms with van der Waals surface area (Å²) in [5, 5.41) is 6.68. The fraction of sp³-hybridized carbons (Fsp3) is 0.381. The standard InChI is InChI=1S/C21H29N3O2.HI/c1-4-14-26-20-7-5-6-18(15-20)16-24-21(22-2)23-13-12-17-8-10-19(25-3)11-9-17;/h5-11,15H,4,12-14,16H2,1-3H3,(H2,22,23,24);1H. The number of ether oxygens (including phenoxy) is 2. The van der Waals surface area contributed by atoms with E-state index in [1.165, 1.54) is 5.56 Å². The molecule has 0 heterocycles. The number of nitrogens with one attached hydrogen (secondary N) is 2. The Kier molecular flexibility index (Phi) is 11.3. The number of hydrogen-bond acceptors (Lipinski definition) is 3. The van der Waals surface area contributed by atoms with Gasteiger partial charge in [-0.3, -0.25) is 4.99 Å². The van der Waals surface area contributed by atoms with Gasteiger partial charge in [0.2, 0.25) is 0 Å². The smallest absolute Gasteiger partial charge is 0.191 e. The van der Waals surface area contributed by atoms with Gasteiger partial charge in [-0.05, 0) is 48.2 Å². The lowest BCUT2D eigenvalue weighted by Crippen LogP contribution is -2.37. The quantitative estimate of drug-likeness (QED) is 0.322. The zero-order chi connectivity index (χ0) is 18.6. The zero-order valence-corrected chi connectivity index (χ0v) is 18.7. The van der Waals surface area contributed by atoms with Crippen LogP contribution in [0.25, 0.3) is 0 Å². The fourth-order valence-electron chi connectivity index (χ4n) is 2.49. The molecule has 0 bridgehead atoms. The second kappa shape index (κ2) is 13.2. The molecule has 0 saturated heterocycles. The van der Waals surface area contributed by atoms with Crippen LogP contribution in [-0.4, -0.2) is 33.3 Å². The van der Waals surface area contributed by atoms with Crippen LogP contribution in [-0.2, 0) is 13.0 Å². The third-order valence-electron chi connectivity index (χ3n) is 3.92. The van der Waals surface area contributed by atoms with Gasteiger partial charge in [0.1, 0.15) is 11.5 Å². The monoisotopic (exact) mass is 483 g/mol. The van der Waals surface area contributed by atoms with E-state index in [9.17, 15) is 0 Å². The molecule has 27 heavy (non-hydrogen) atoms. The van der Waals surface area contributed by atoms with Crippen LogP contribution >= 0.6 is 24.0 Å². The molecule has 0 atom stereocenters. The lowest BCUT2D eigenvalue weighted by molar-refractivity contribution is 0.317. The number of hydrogen-bond donors (Lipinski definition) is 2. The van der Waals surface area contributed by atoms with Crippen LogP contribution in [0.5, 0.6) is 11.5 Å². The van der Waals surface area contributed by atoms with Gasteiger partial charge in [-0.2, -0.15) is 0 Å². The predicted molar refractivity (Wildman–Crippen MR) is 123 cm³/mol. The highest BCUT2D eigenvalue weighted by atomic mass is 127. The number of nitrogens with zero attached hydrogens (tertiary/aromatic N) is 1. The van der Waals surface area contributed by atoms with Gasteiger partial charge in [-0.15, -0.1) is 24.0 Å². The first-order valence-electron chi connectivity index (χ1n) is 9.04. The number of aliphatic imine (C=N–C) groups is 1. The third kappa shape index (κ3) is 8.51. The Balaban J connectivity index is 0.00000364. The Labute approximate surface area is 179 Å². The van der Waals surface area contributed by atoms with Crippen molar-refractivity contribution in [1.29, 1.82) is 0 Å². The first-order chi connectivity index (χ1) is 12.7. The highest BCUT2D eigenvalue weighted by Gasteiger charge is 2.01. The summed E-state index contributed by atoms with van der Waals surface area (Å²) in [6.45, 7) is 4.36. The van der Waals surface area contributed by atoms with Gasteiger partial charge in [0.25, 0.3) is 0 Å². The first-order valence-corrected chi connectivity index (χ1v) is 9.04. The van der Waals surface area contributed by atoms with Crippen molar-refractivity contribution in [3.8, 4) is 11.5 Å². The zero-order valence-electron chi connectivity index (χ0n) is 16.3. The highest BCUT2D eigenvalue weighted by molar-refractivity contribution is 14.0. The molecule has 0 fully saturated rings. The number of benzene rings is 2. The van der Waals surface area contributed by atoms with Gasteiger partial charge in [-0.25, -0.2) is 0 Å². The minimum atomic E-state index is 0. The molecule has 148 valence electrons. The average molecular weight is 483 g/mol. The molecule has 0 unspecified atom stereocenters. The van der Waals surface area contributed by atoms with Gasteiger partial charge in [-0.1, -0.05) is 31.2 Å². The molecule has 5 nitrogen and oxygen atoms in total. The summed E-state index contributed by atoms with van der Waals surface area (Å²) in [5.74, 6) is 2.58. The SMILES string of the molecule is CCCOc1cccc(CNC(=NC)NCCc2ccc(OC)cc2)c1.I. The molecule has 0 aliphatic carbocycles. The van der Waals surface area contributed by atoms with E-state index in [2.05, 4.69) is 46.8 Å². The van der Waals surface area contributed by atoms with Crippen molar-refractivity contribution < 1.29 is 9.47 Å². The van der Waals surface area contributed by atoms with Crippen molar-refractivity contribution in [3.63, 3.8) is 0 Å². The van der Waals surface area contributed by atoms with Crippen LogP contribution < -0.4 is 20.1 Å². The van der Waals surface area contributed by atoms with Crippen LogP contribution in [0.3, 0.4) is 0 Å². The molecule has 0 saturated carbocycles. The summed E-state index contributed by atoms with van der Waals surface area (Å²) in [5.41, 5.74) is 2.42. The summed E-state index contributed by atoms with van der Waals surface area (Å²) in [6, 6.07) is 16.3. The second-order valence-electron chi connectivity index (χ2n) is 5.95. The molecule has 0 spiro atoms. The van der Waals surface area contributed by atoms with E-state index in [4.69, 9.17) is 9.47 Å². The molecule has 2 aromatic carbocycles. The van der Waals surface area contributed by atoms with E-state index >= 15 is 0 Å². The van der Waals surface area contributed by atoms with Crippen LogP contribution in [0.15, 0.2) is 53.5 Å². The van der Waals surface area contributed by atoms with Crippen LogP contribution in [0.2, 0.25) is 0 Å². The van der Waals surface area contributed by atoms with Crippen molar-refractivity contribution in [2.45, 2.75) is 26.3 Å². The Bertz CT molecular complexity index is 690. The maximum absolute atomic E-state index is 5.68. The van der Waals surface area contributed by atoms with Crippen LogP contribution in [0.4, 0.5) is 0 Å². The van der Waals surface area contributed by atoms with E-state index in [0.29, 0.717) is 6.54 Å². The number of halogens is 1. The van der Waals surface area contributed by atoms with Gasteiger partial charge < -0.3 is 20.1 Å². The highest BCUT2D eigenvalue weighted by Crippen LogP contribution is 2.13. The summed E-state index contributed by atoms with van der Waals surface area (Å²) in [4.78, 5) is 4.28. The van der Waals surface area contributed by atoms with Crippen molar-refractivity contribution in [2.24, 2.45) is 4.99 Å². The van der Waals surface area contributed by atoms with E-state index < -0.39 is 0 Å². The molecular formula is C21H30IN3O2. The number of rotatable bonds is 9. The Hall–Kier alpha value is -1.96. The molecule has 2 rings (SSSR count). The Morgan fingerprint density at radius 3 is 2.44 bits per heavy atom.